The standard InChI is InChI=1S/C15H14O5S/c1-9-8-12(13(21-9)15(17)19-3)20-14(16)10-4-6-11(18-2)7-5-10/h4-8H,1-3H3. The summed E-state index contributed by atoms with van der Waals surface area (Å²) in [6.07, 6.45) is 0. The molecule has 0 spiro atoms. The van der Waals surface area contributed by atoms with Crippen LogP contribution in [0.4, 0.5) is 0 Å². The monoisotopic (exact) mass is 306 g/mol. The number of thiophene rings is 1. The summed E-state index contributed by atoms with van der Waals surface area (Å²) >= 11 is 1.22. The Bertz CT molecular complexity index is 657. The van der Waals surface area contributed by atoms with Gasteiger partial charge in [-0.2, -0.15) is 0 Å². The third-order valence-corrected chi connectivity index (χ3v) is 3.73. The second kappa shape index (κ2) is 6.41. The third kappa shape index (κ3) is 3.41. The summed E-state index contributed by atoms with van der Waals surface area (Å²) in [6, 6.07) is 8.15. The third-order valence-electron chi connectivity index (χ3n) is 2.72. The molecule has 0 radical (unpaired) electrons. The van der Waals surface area contributed by atoms with Crippen LogP contribution in [0.2, 0.25) is 0 Å². The van der Waals surface area contributed by atoms with Crippen LogP contribution in [0.25, 0.3) is 0 Å². The zero-order valence-electron chi connectivity index (χ0n) is 11.8. The van der Waals surface area contributed by atoms with Crippen molar-refractivity contribution in [3.05, 3.63) is 45.6 Å². The number of aryl methyl sites for hydroxylation is 1. The number of rotatable bonds is 4. The molecule has 2 aromatic rings. The number of benzene rings is 1. The summed E-state index contributed by atoms with van der Waals surface area (Å²) in [5.41, 5.74) is 0.371. The first-order valence-corrected chi connectivity index (χ1v) is 6.91. The molecule has 5 nitrogen and oxygen atoms in total. The molecular formula is C15H14O5S. The molecule has 1 heterocycles. The van der Waals surface area contributed by atoms with Crippen molar-refractivity contribution in [3.8, 4) is 11.5 Å². The van der Waals surface area contributed by atoms with Crippen molar-refractivity contribution in [1.29, 1.82) is 0 Å². The summed E-state index contributed by atoms with van der Waals surface area (Å²) in [5.74, 6) is -0.204. The van der Waals surface area contributed by atoms with E-state index in [1.54, 1.807) is 37.4 Å². The van der Waals surface area contributed by atoms with Gasteiger partial charge in [0.05, 0.1) is 19.8 Å². The minimum atomic E-state index is -0.541. The Hall–Kier alpha value is -2.34. The number of hydrogen-bond acceptors (Lipinski definition) is 6. The van der Waals surface area contributed by atoms with Crippen LogP contribution in [-0.2, 0) is 4.74 Å². The summed E-state index contributed by atoms with van der Waals surface area (Å²) in [5, 5.41) is 0. The summed E-state index contributed by atoms with van der Waals surface area (Å²) < 4.78 is 15.0. The molecule has 21 heavy (non-hydrogen) atoms. The Kier molecular flexibility index (Phi) is 4.59. The van der Waals surface area contributed by atoms with E-state index in [0.29, 0.717) is 11.3 Å². The molecule has 2 rings (SSSR count). The Balaban J connectivity index is 2.20. The van der Waals surface area contributed by atoms with Crippen LogP contribution in [0.3, 0.4) is 0 Å². The van der Waals surface area contributed by atoms with Crippen LogP contribution in [0.15, 0.2) is 30.3 Å². The smallest absolute Gasteiger partial charge is 0.351 e. The van der Waals surface area contributed by atoms with Crippen molar-refractivity contribution in [2.45, 2.75) is 6.92 Å². The molecule has 0 saturated heterocycles. The summed E-state index contributed by atoms with van der Waals surface area (Å²) in [4.78, 5) is 24.8. The molecular weight excluding hydrogens is 292 g/mol. The van der Waals surface area contributed by atoms with Gasteiger partial charge in [-0.15, -0.1) is 11.3 Å². The lowest BCUT2D eigenvalue weighted by Gasteiger charge is -2.05. The van der Waals surface area contributed by atoms with Gasteiger partial charge in [-0.05, 0) is 37.3 Å². The van der Waals surface area contributed by atoms with Crippen LogP contribution in [0.1, 0.15) is 24.9 Å². The van der Waals surface area contributed by atoms with Crippen LogP contribution in [0.5, 0.6) is 11.5 Å². The first kappa shape index (κ1) is 15.1. The number of methoxy groups -OCH3 is 2. The molecule has 0 saturated carbocycles. The quantitative estimate of drug-likeness (QED) is 0.812. The van der Waals surface area contributed by atoms with Crippen LogP contribution in [0, 0.1) is 6.92 Å². The molecule has 1 aromatic carbocycles. The zero-order chi connectivity index (χ0) is 15.4. The summed E-state index contributed by atoms with van der Waals surface area (Å²) in [7, 11) is 2.83. The fourth-order valence-corrected chi connectivity index (χ4v) is 2.54. The second-order valence-electron chi connectivity index (χ2n) is 4.16. The van der Waals surface area contributed by atoms with E-state index in [9.17, 15) is 9.59 Å². The topological polar surface area (TPSA) is 61.8 Å². The van der Waals surface area contributed by atoms with Gasteiger partial charge in [-0.3, -0.25) is 0 Å². The van der Waals surface area contributed by atoms with E-state index in [-0.39, 0.29) is 10.6 Å². The highest BCUT2D eigenvalue weighted by molar-refractivity contribution is 7.14. The lowest BCUT2D eigenvalue weighted by atomic mass is 10.2. The molecule has 0 aliphatic carbocycles. The first-order chi connectivity index (χ1) is 10.0. The maximum atomic E-state index is 12.1. The lowest BCUT2D eigenvalue weighted by molar-refractivity contribution is 0.0599. The Morgan fingerprint density at radius 1 is 1.05 bits per heavy atom. The van der Waals surface area contributed by atoms with Gasteiger partial charge in [0.1, 0.15) is 5.75 Å². The van der Waals surface area contributed by atoms with Gasteiger partial charge in [0, 0.05) is 4.88 Å². The van der Waals surface area contributed by atoms with E-state index >= 15 is 0 Å². The molecule has 110 valence electrons. The van der Waals surface area contributed by atoms with E-state index in [1.165, 1.54) is 18.4 Å². The molecule has 0 atom stereocenters. The predicted octanol–water partition coefficient (Wildman–Crippen LogP) is 3.07. The number of esters is 2. The number of carbonyl (C=O) groups is 2. The summed E-state index contributed by atoms with van der Waals surface area (Å²) in [6.45, 7) is 1.82. The molecule has 0 unspecified atom stereocenters. The molecule has 0 aliphatic rings. The van der Waals surface area contributed by atoms with Crippen LogP contribution >= 0.6 is 11.3 Å². The maximum Gasteiger partial charge on any atom is 0.351 e. The van der Waals surface area contributed by atoms with Gasteiger partial charge in [-0.25, -0.2) is 9.59 Å². The van der Waals surface area contributed by atoms with E-state index in [2.05, 4.69) is 4.74 Å². The molecule has 1 aromatic heterocycles. The maximum absolute atomic E-state index is 12.1. The number of ether oxygens (including phenoxy) is 3. The highest BCUT2D eigenvalue weighted by Gasteiger charge is 2.20. The van der Waals surface area contributed by atoms with Crippen LogP contribution < -0.4 is 9.47 Å². The SMILES string of the molecule is COC(=O)c1sc(C)cc1OC(=O)c1ccc(OC)cc1. The average Bonchev–Trinajstić information content (AvgIpc) is 2.87. The highest BCUT2D eigenvalue weighted by atomic mass is 32.1. The van der Waals surface area contributed by atoms with E-state index in [4.69, 9.17) is 9.47 Å². The van der Waals surface area contributed by atoms with E-state index in [1.807, 2.05) is 6.92 Å². The van der Waals surface area contributed by atoms with Gasteiger partial charge in [0.25, 0.3) is 0 Å². The lowest BCUT2D eigenvalue weighted by Crippen LogP contribution is -2.10. The molecule has 0 fully saturated rings. The van der Waals surface area contributed by atoms with E-state index in [0.717, 1.165) is 4.88 Å². The van der Waals surface area contributed by atoms with Crippen molar-refractivity contribution >= 4 is 23.3 Å². The number of hydrogen-bond donors (Lipinski definition) is 0. The molecule has 0 amide bonds. The Morgan fingerprint density at radius 3 is 2.29 bits per heavy atom. The normalized spacial score (nSPS) is 10.0. The van der Waals surface area contributed by atoms with Crippen LogP contribution in [-0.4, -0.2) is 26.2 Å². The molecule has 6 heteroatoms. The molecule has 0 N–H and O–H groups in total. The Labute approximate surface area is 126 Å². The van der Waals surface area contributed by atoms with Gasteiger partial charge in [0.15, 0.2) is 10.6 Å². The van der Waals surface area contributed by atoms with Crippen molar-refractivity contribution in [2.24, 2.45) is 0 Å². The molecule has 0 aliphatic heterocycles. The van der Waals surface area contributed by atoms with Crippen molar-refractivity contribution in [1.82, 2.24) is 0 Å². The zero-order valence-corrected chi connectivity index (χ0v) is 12.7. The molecule has 0 bridgehead atoms. The minimum absolute atomic E-state index is 0.213. The van der Waals surface area contributed by atoms with Gasteiger partial charge in [0.2, 0.25) is 0 Å². The van der Waals surface area contributed by atoms with Gasteiger partial charge < -0.3 is 14.2 Å². The predicted molar refractivity (Wildman–Crippen MR) is 78.3 cm³/mol. The Morgan fingerprint density at radius 2 is 1.71 bits per heavy atom. The van der Waals surface area contributed by atoms with E-state index < -0.39 is 11.9 Å². The minimum Gasteiger partial charge on any atom is -0.497 e. The van der Waals surface area contributed by atoms with Gasteiger partial charge >= 0.3 is 11.9 Å². The first-order valence-electron chi connectivity index (χ1n) is 6.10. The van der Waals surface area contributed by atoms with Crippen molar-refractivity contribution in [2.75, 3.05) is 14.2 Å². The fourth-order valence-electron chi connectivity index (χ4n) is 1.69. The van der Waals surface area contributed by atoms with Crippen molar-refractivity contribution in [3.63, 3.8) is 0 Å². The largest absolute Gasteiger partial charge is 0.497 e. The van der Waals surface area contributed by atoms with Crippen molar-refractivity contribution < 1.29 is 23.8 Å². The fraction of sp³-hybridized carbons (Fsp3) is 0.200. The van der Waals surface area contributed by atoms with Gasteiger partial charge in [-0.1, -0.05) is 0 Å². The average molecular weight is 306 g/mol. The highest BCUT2D eigenvalue weighted by Crippen LogP contribution is 2.30. The second-order valence-corrected chi connectivity index (χ2v) is 5.42. The number of carbonyl (C=O) groups excluding carboxylic acids is 2.